The fraction of sp³-hybridized carbons (Fsp3) is 0.630. The zero-order chi connectivity index (χ0) is 25.4. The van der Waals surface area contributed by atoms with Gasteiger partial charge in [0.1, 0.15) is 0 Å². The SMILES string of the molecule is C[C@]12CCC3=C4C(=CCCC4c4ccc(S(C)(=O)=O)cc4)CC[C@H]3[C@@H]1CCC2C(F)(F)C(F)(F)F. The number of alkyl halides is 5. The van der Waals surface area contributed by atoms with Crippen LogP contribution >= 0.6 is 0 Å². The predicted octanol–water partition coefficient (Wildman–Crippen LogP) is 7.62. The van der Waals surface area contributed by atoms with Crippen molar-refractivity contribution in [1.29, 1.82) is 0 Å². The number of hydrogen-bond donors (Lipinski definition) is 0. The van der Waals surface area contributed by atoms with E-state index in [0.717, 1.165) is 31.2 Å². The molecule has 5 rings (SSSR count). The summed E-state index contributed by atoms with van der Waals surface area (Å²) in [4.78, 5) is 0.267. The topological polar surface area (TPSA) is 34.1 Å². The summed E-state index contributed by atoms with van der Waals surface area (Å²) in [5.41, 5.74) is 3.77. The molecule has 0 heterocycles. The lowest BCUT2D eigenvalue weighted by molar-refractivity contribution is -0.314. The van der Waals surface area contributed by atoms with Crippen LogP contribution in [0.25, 0.3) is 0 Å². The molecule has 0 aromatic heterocycles. The summed E-state index contributed by atoms with van der Waals surface area (Å²) in [5.74, 6) is -6.39. The predicted molar refractivity (Wildman–Crippen MR) is 124 cm³/mol. The van der Waals surface area contributed by atoms with Crippen LogP contribution in [-0.2, 0) is 9.84 Å². The summed E-state index contributed by atoms with van der Waals surface area (Å²) >= 11 is 0. The fourth-order valence-electron chi connectivity index (χ4n) is 7.78. The van der Waals surface area contributed by atoms with Gasteiger partial charge in [-0.3, -0.25) is 0 Å². The first-order valence-corrected chi connectivity index (χ1v) is 14.3. The molecule has 35 heavy (non-hydrogen) atoms. The molecule has 1 aromatic carbocycles. The Labute approximate surface area is 203 Å². The van der Waals surface area contributed by atoms with Crippen LogP contribution in [0.2, 0.25) is 0 Å². The highest BCUT2D eigenvalue weighted by Crippen LogP contribution is 2.67. The van der Waals surface area contributed by atoms with Crippen LogP contribution < -0.4 is 0 Å². The Bertz CT molecular complexity index is 1180. The zero-order valence-corrected chi connectivity index (χ0v) is 20.8. The molecule has 0 bridgehead atoms. The van der Waals surface area contributed by atoms with Crippen molar-refractivity contribution >= 4 is 9.84 Å². The van der Waals surface area contributed by atoms with Crippen LogP contribution in [-0.4, -0.2) is 26.8 Å². The molecule has 2 unspecified atom stereocenters. The van der Waals surface area contributed by atoms with E-state index >= 15 is 0 Å². The van der Waals surface area contributed by atoms with E-state index in [2.05, 4.69) is 6.08 Å². The summed E-state index contributed by atoms with van der Waals surface area (Å²) in [5, 5.41) is 0. The third kappa shape index (κ3) is 3.89. The minimum Gasteiger partial charge on any atom is -0.224 e. The molecule has 4 aliphatic rings. The first kappa shape index (κ1) is 25.0. The molecule has 1 aromatic rings. The van der Waals surface area contributed by atoms with Gasteiger partial charge in [-0.2, -0.15) is 22.0 Å². The van der Waals surface area contributed by atoms with Gasteiger partial charge in [-0.25, -0.2) is 8.42 Å². The Morgan fingerprint density at radius 3 is 2.26 bits per heavy atom. The molecule has 0 radical (unpaired) electrons. The largest absolute Gasteiger partial charge is 0.453 e. The van der Waals surface area contributed by atoms with Crippen LogP contribution in [0.4, 0.5) is 22.0 Å². The highest BCUT2D eigenvalue weighted by Gasteiger charge is 2.70. The molecule has 2 nitrogen and oxygen atoms in total. The first-order chi connectivity index (χ1) is 16.2. The molecule has 5 atom stereocenters. The van der Waals surface area contributed by atoms with Gasteiger partial charge >= 0.3 is 12.1 Å². The number of halogens is 5. The molecule has 2 saturated carbocycles. The molecule has 4 aliphatic carbocycles. The van der Waals surface area contributed by atoms with Crippen molar-refractivity contribution in [2.45, 2.75) is 81.2 Å². The number of rotatable bonds is 3. The second-order valence-electron chi connectivity index (χ2n) is 11.1. The van der Waals surface area contributed by atoms with Crippen LogP contribution in [0.5, 0.6) is 0 Å². The Morgan fingerprint density at radius 2 is 1.63 bits per heavy atom. The van der Waals surface area contributed by atoms with E-state index in [9.17, 15) is 30.4 Å². The summed E-state index contributed by atoms with van der Waals surface area (Å²) in [6.07, 6.45) is 2.52. The van der Waals surface area contributed by atoms with Gasteiger partial charge in [0.2, 0.25) is 0 Å². The summed E-state index contributed by atoms with van der Waals surface area (Å²) in [6.45, 7) is 1.67. The standard InChI is InChI=1S/C27H31F5O2S/c1-25-15-14-21-20(22(25)12-13-23(25)26(28,29)27(30,31)32)11-8-17-4-3-5-19(24(17)21)16-6-9-18(10-7-16)35(2,33)34/h4,6-7,9-10,19-20,22-23H,3,5,8,11-15H2,1-2H3/t19?,20-,22+,23?,25+/m1/s1. The maximum absolute atomic E-state index is 14.6. The first-order valence-electron chi connectivity index (χ1n) is 12.4. The lowest BCUT2D eigenvalue weighted by Gasteiger charge is -2.51. The van der Waals surface area contributed by atoms with Gasteiger partial charge in [-0.1, -0.05) is 30.7 Å². The number of sulfone groups is 1. The number of hydrogen-bond acceptors (Lipinski definition) is 2. The lowest BCUT2D eigenvalue weighted by atomic mass is 9.54. The number of benzene rings is 1. The minimum atomic E-state index is -5.52. The van der Waals surface area contributed by atoms with Gasteiger partial charge in [-0.05, 0) is 97.5 Å². The average Bonchev–Trinajstić information content (AvgIpc) is 3.15. The van der Waals surface area contributed by atoms with E-state index < -0.39 is 33.3 Å². The second kappa shape index (κ2) is 8.15. The second-order valence-corrected chi connectivity index (χ2v) is 13.2. The number of allylic oxidation sites excluding steroid dienone is 4. The molecule has 8 heteroatoms. The van der Waals surface area contributed by atoms with Crippen molar-refractivity contribution in [3.63, 3.8) is 0 Å². The van der Waals surface area contributed by atoms with Crippen molar-refractivity contribution in [3.8, 4) is 0 Å². The van der Waals surface area contributed by atoms with E-state index in [1.165, 1.54) is 23.0 Å². The summed E-state index contributed by atoms with van der Waals surface area (Å²) in [6, 6.07) is 6.99. The lowest BCUT2D eigenvalue weighted by Crippen LogP contribution is -2.51. The average molecular weight is 515 g/mol. The molecule has 0 saturated heterocycles. The van der Waals surface area contributed by atoms with E-state index in [1.54, 1.807) is 19.1 Å². The fourth-order valence-corrected chi connectivity index (χ4v) is 8.41. The summed E-state index contributed by atoms with van der Waals surface area (Å²) in [7, 11) is -3.30. The molecular weight excluding hydrogens is 483 g/mol. The van der Waals surface area contributed by atoms with E-state index in [0.29, 0.717) is 19.3 Å². The molecule has 0 N–H and O–H groups in total. The molecule has 0 aliphatic heterocycles. The van der Waals surface area contributed by atoms with E-state index in [-0.39, 0.29) is 29.1 Å². The van der Waals surface area contributed by atoms with Crippen molar-refractivity contribution in [2.24, 2.45) is 23.2 Å². The summed E-state index contributed by atoms with van der Waals surface area (Å²) < 4.78 is 92.8. The zero-order valence-electron chi connectivity index (χ0n) is 20.0. The molecule has 192 valence electrons. The van der Waals surface area contributed by atoms with Crippen LogP contribution in [0, 0.1) is 23.2 Å². The Balaban J connectivity index is 1.51. The van der Waals surface area contributed by atoms with Crippen LogP contribution in [0.3, 0.4) is 0 Å². The molecule has 2 fully saturated rings. The van der Waals surface area contributed by atoms with Gasteiger partial charge < -0.3 is 0 Å². The maximum Gasteiger partial charge on any atom is 0.453 e. The van der Waals surface area contributed by atoms with Crippen molar-refractivity contribution in [1.82, 2.24) is 0 Å². The quantitative estimate of drug-likeness (QED) is 0.389. The van der Waals surface area contributed by atoms with Crippen molar-refractivity contribution in [3.05, 3.63) is 52.6 Å². The Hall–Kier alpha value is -1.70. The smallest absolute Gasteiger partial charge is 0.224 e. The number of fused-ring (bicyclic) bond motifs is 4. The van der Waals surface area contributed by atoms with Crippen LogP contribution in [0.15, 0.2) is 52.0 Å². The van der Waals surface area contributed by atoms with E-state index in [1.807, 2.05) is 12.1 Å². The highest BCUT2D eigenvalue weighted by molar-refractivity contribution is 7.90. The molecule has 0 spiro atoms. The van der Waals surface area contributed by atoms with Crippen LogP contribution in [0.1, 0.15) is 69.8 Å². The third-order valence-electron chi connectivity index (χ3n) is 9.41. The van der Waals surface area contributed by atoms with Gasteiger partial charge in [0.05, 0.1) is 4.90 Å². The molecular formula is C27H31F5O2S. The van der Waals surface area contributed by atoms with Gasteiger partial charge in [0.15, 0.2) is 9.84 Å². The van der Waals surface area contributed by atoms with E-state index in [4.69, 9.17) is 0 Å². The maximum atomic E-state index is 14.6. The Kier molecular flexibility index (Phi) is 5.82. The Morgan fingerprint density at radius 1 is 0.943 bits per heavy atom. The van der Waals surface area contributed by atoms with Crippen molar-refractivity contribution in [2.75, 3.05) is 6.26 Å². The third-order valence-corrected chi connectivity index (χ3v) is 10.5. The normalized spacial score (nSPS) is 33.6. The minimum absolute atomic E-state index is 0.0332. The highest BCUT2D eigenvalue weighted by atomic mass is 32.2. The van der Waals surface area contributed by atoms with Crippen molar-refractivity contribution < 1.29 is 30.4 Å². The van der Waals surface area contributed by atoms with Gasteiger partial charge in [0, 0.05) is 18.1 Å². The van der Waals surface area contributed by atoms with Gasteiger partial charge in [-0.15, -0.1) is 0 Å². The monoisotopic (exact) mass is 514 g/mol. The molecule has 0 amide bonds. The van der Waals surface area contributed by atoms with Gasteiger partial charge in [0.25, 0.3) is 0 Å².